The van der Waals surface area contributed by atoms with E-state index in [4.69, 9.17) is 0 Å². The average Bonchev–Trinajstić information content (AvgIpc) is 2.62. The van der Waals surface area contributed by atoms with Gasteiger partial charge in [0.15, 0.2) is 0 Å². The second-order valence-electron chi connectivity index (χ2n) is 5.73. The number of amides is 1. The van der Waals surface area contributed by atoms with Gasteiger partial charge in [-0.05, 0) is 64.9 Å². The van der Waals surface area contributed by atoms with Gasteiger partial charge in [-0.15, -0.1) is 0 Å². The Kier molecular flexibility index (Phi) is 5.30. The van der Waals surface area contributed by atoms with Crippen molar-refractivity contribution in [3.05, 3.63) is 105 Å². The Bertz CT molecular complexity index is 811. The Morgan fingerprint density at radius 3 is 2.04 bits per heavy atom. The van der Waals surface area contributed by atoms with E-state index in [1.54, 1.807) is 0 Å². The van der Waals surface area contributed by atoms with Crippen LogP contribution in [-0.4, -0.2) is 5.91 Å². The summed E-state index contributed by atoms with van der Waals surface area (Å²) in [6.07, 6.45) is 0. The monoisotopic (exact) mass is 427 g/mol. The highest BCUT2D eigenvalue weighted by molar-refractivity contribution is 14.1. The van der Waals surface area contributed by atoms with E-state index in [9.17, 15) is 4.79 Å². The Morgan fingerprint density at radius 2 is 1.42 bits per heavy atom. The van der Waals surface area contributed by atoms with Crippen LogP contribution >= 0.6 is 22.6 Å². The molecule has 3 heteroatoms. The van der Waals surface area contributed by atoms with E-state index in [1.807, 2.05) is 54.6 Å². The zero-order valence-corrected chi connectivity index (χ0v) is 15.5. The molecule has 0 aliphatic heterocycles. The normalized spacial score (nSPS) is 11.8. The van der Waals surface area contributed by atoms with Gasteiger partial charge >= 0.3 is 0 Å². The number of benzene rings is 3. The molecule has 1 atom stereocenters. The number of halogens is 1. The third kappa shape index (κ3) is 4.03. The first kappa shape index (κ1) is 16.7. The molecule has 0 aromatic heterocycles. The van der Waals surface area contributed by atoms with Crippen LogP contribution in [0.3, 0.4) is 0 Å². The number of rotatable bonds is 4. The summed E-state index contributed by atoms with van der Waals surface area (Å²) >= 11 is 2.24. The summed E-state index contributed by atoms with van der Waals surface area (Å²) in [6, 6.07) is 25.8. The zero-order chi connectivity index (χ0) is 16.9. The molecule has 0 fully saturated rings. The van der Waals surface area contributed by atoms with E-state index in [0.717, 1.165) is 14.7 Å². The molecule has 0 saturated heterocycles. The highest BCUT2D eigenvalue weighted by Gasteiger charge is 2.17. The van der Waals surface area contributed by atoms with Crippen molar-refractivity contribution < 1.29 is 4.79 Å². The minimum Gasteiger partial charge on any atom is -0.341 e. The van der Waals surface area contributed by atoms with E-state index >= 15 is 0 Å². The van der Waals surface area contributed by atoms with Crippen LogP contribution in [-0.2, 0) is 0 Å². The lowest BCUT2D eigenvalue weighted by molar-refractivity contribution is 0.0943. The van der Waals surface area contributed by atoms with Crippen molar-refractivity contribution in [2.45, 2.75) is 13.0 Å². The quantitative estimate of drug-likeness (QED) is 0.576. The van der Waals surface area contributed by atoms with Gasteiger partial charge in [0, 0.05) is 9.13 Å². The van der Waals surface area contributed by atoms with Gasteiger partial charge in [-0.1, -0.05) is 60.2 Å². The Hall–Kier alpha value is -2.14. The van der Waals surface area contributed by atoms with Crippen molar-refractivity contribution in [2.75, 3.05) is 0 Å². The summed E-state index contributed by atoms with van der Waals surface area (Å²) in [5.74, 6) is -0.0687. The number of aryl methyl sites for hydroxylation is 1. The smallest absolute Gasteiger partial charge is 0.252 e. The van der Waals surface area contributed by atoms with Crippen molar-refractivity contribution >= 4 is 28.5 Å². The highest BCUT2D eigenvalue weighted by Crippen LogP contribution is 2.23. The predicted octanol–water partition coefficient (Wildman–Crippen LogP) is 5.12. The van der Waals surface area contributed by atoms with Gasteiger partial charge in [0.25, 0.3) is 5.91 Å². The van der Waals surface area contributed by atoms with Crippen molar-refractivity contribution in [3.8, 4) is 0 Å². The van der Waals surface area contributed by atoms with E-state index in [1.165, 1.54) is 5.56 Å². The second-order valence-corrected chi connectivity index (χ2v) is 6.98. The molecular weight excluding hydrogens is 409 g/mol. The Labute approximate surface area is 156 Å². The SMILES string of the molecule is Cc1ccc(C(NC(=O)c2ccc(I)cc2)c2ccccc2)cc1. The molecule has 2 nitrogen and oxygen atoms in total. The number of hydrogen-bond acceptors (Lipinski definition) is 1. The molecule has 1 N–H and O–H groups in total. The lowest BCUT2D eigenvalue weighted by Crippen LogP contribution is -2.29. The molecule has 0 saturated carbocycles. The van der Waals surface area contributed by atoms with Crippen LogP contribution in [0.1, 0.15) is 33.1 Å². The summed E-state index contributed by atoms with van der Waals surface area (Å²) < 4.78 is 1.11. The Morgan fingerprint density at radius 1 is 0.833 bits per heavy atom. The van der Waals surface area contributed by atoms with E-state index < -0.39 is 0 Å². The molecule has 0 spiro atoms. The second kappa shape index (κ2) is 7.62. The van der Waals surface area contributed by atoms with Gasteiger partial charge in [-0.3, -0.25) is 4.79 Å². The maximum absolute atomic E-state index is 12.7. The fourth-order valence-electron chi connectivity index (χ4n) is 2.58. The van der Waals surface area contributed by atoms with Crippen molar-refractivity contribution in [1.82, 2.24) is 5.32 Å². The molecule has 3 rings (SSSR count). The third-order valence-electron chi connectivity index (χ3n) is 3.93. The summed E-state index contributed by atoms with van der Waals surface area (Å²) in [5, 5.41) is 3.16. The van der Waals surface area contributed by atoms with Crippen molar-refractivity contribution in [1.29, 1.82) is 0 Å². The van der Waals surface area contributed by atoms with Crippen LogP contribution in [0.4, 0.5) is 0 Å². The fraction of sp³-hybridized carbons (Fsp3) is 0.0952. The van der Waals surface area contributed by atoms with Gasteiger partial charge in [0.1, 0.15) is 0 Å². The first-order chi connectivity index (χ1) is 11.6. The first-order valence-electron chi connectivity index (χ1n) is 7.81. The molecule has 0 aliphatic carbocycles. The van der Waals surface area contributed by atoms with Crippen LogP contribution in [0.5, 0.6) is 0 Å². The molecular formula is C21H18INO. The topological polar surface area (TPSA) is 29.1 Å². The minimum absolute atomic E-state index is 0.0687. The fourth-order valence-corrected chi connectivity index (χ4v) is 2.94. The predicted molar refractivity (Wildman–Crippen MR) is 106 cm³/mol. The summed E-state index contributed by atoms with van der Waals surface area (Å²) in [4.78, 5) is 12.7. The average molecular weight is 427 g/mol. The molecule has 3 aromatic carbocycles. The Balaban J connectivity index is 1.91. The largest absolute Gasteiger partial charge is 0.341 e. The number of carbonyl (C=O) groups excluding carboxylic acids is 1. The molecule has 120 valence electrons. The summed E-state index contributed by atoms with van der Waals surface area (Å²) in [7, 11) is 0. The number of hydrogen-bond donors (Lipinski definition) is 1. The molecule has 0 aliphatic rings. The van der Waals surface area contributed by atoms with Gasteiger partial charge in [-0.25, -0.2) is 0 Å². The van der Waals surface area contributed by atoms with Crippen molar-refractivity contribution in [3.63, 3.8) is 0 Å². The van der Waals surface area contributed by atoms with Gasteiger partial charge in [0.2, 0.25) is 0 Å². The maximum Gasteiger partial charge on any atom is 0.252 e. The van der Waals surface area contributed by atoms with E-state index in [-0.39, 0.29) is 11.9 Å². The molecule has 1 amide bonds. The van der Waals surface area contributed by atoms with E-state index in [0.29, 0.717) is 5.56 Å². The lowest BCUT2D eigenvalue weighted by atomic mass is 9.97. The molecule has 1 unspecified atom stereocenters. The molecule has 3 aromatic rings. The maximum atomic E-state index is 12.7. The number of nitrogens with one attached hydrogen (secondary N) is 1. The first-order valence-corrected chi connectivity index (χ1v) is 8.89. The molecule has 0 heterocycles. The van der Waals surface area contributed by atoms with Crippen LogP contribution < -0.4 is 5.32 Å². The number of carbonyl (C=O) groups is 1. The molecule has 0 radical (unpaired) electrons. The third-order valence-corrected chi connectivity index (χ3v) is 4.64. The summed E-state index contributed by atoms with van der Waals surface area (Å²) in [6.45, 7) is 2.06. The summed E-state index contributed by atoms with van der Waals surface area (Å²) in [5.41, 5.74) is 4.02. The van der Waals surface area contributed by atoms with E-state index in [2.05, 4.69) is 59.1 Å². The minimum atomic E-state index is -0.168. The van der Waals surface area contributed by atoms with Crippen LogP contribution in [0.25, 0.3) is 0 Å². The van der Waals surface area contributed by atoms with Crippen LogP contribution in [0.2, 0.25) is 0 Å². The molecule has 0 bridgehead atoms. The van der Waals surface area contributed by atoms with Crippen molar-refractivity contribution in [2.24, 2.45) is 0 Å². The zero-order valence-electron chi connectivity index (χ0n) is 13.4. The standard InChI is InChI=1S/C21H18INO/c1-15-7-9-17(10-8-15)20(16-5-3-2-4-6-16)23-21(24)18-11-13-19(22)14-12-18/h2-14,20H,1H3,(H,23,24). The molecule has 24 heavy (non-hydrogen) atoms. The lowest BCUT2D eigenvalue weighted by Gasteiger charge is -2.20. The van der Waals surface area contributed by atoms with Crippen LogP contribution in [0, 0.1) is 10.5 Å². The van der Waals surface area contributed by atoms with Gasteiger partial charge in [-0.2, -0.15) is 0 Å². The highest BCUT2D eigenvalue weighted by atomic mass is 127. The van der Waals surface area contributed by atoms with Gasteiger partial charge in [0.05, 0.1) is 6.04 Å². The van der Waals surface area contributed by atoms with Gasteiger partial charge < -0.3 is 5.32 Å². The van der Waals surface area contributed by atoms with Crippen LogP contribution in [0.15, 0.2) is 78.9 Å².